The molecule has 1 heterocycles. The van der Waals surface area contributed by atoms with Crippen molar-refractivity contribution in [3.8, 4) is 0 Å². The van der Waals surface area contributed by atoms with E-state index in [4.69, 9.17) is 22.9 Å². The highest BCUT2D eigenvalue weighted by Gasteiger charge is 2.40. The zero-order chi connectivity index (χ0) is 36.8. The van der Waals surface area contributed by atoms with E-state index in [1.807, 2.05) is 74.5 Å². The van der Waals surface area contributed by atoms with Crippen molar-refractivity contribution in [2.45, 2.75) is 82.1 Å². The lowest BCUT2D eigenvalue weighted by Crippen LogP contribution is -2.61. The summed E-state index contributed by atoms with van der Waals surface area (Å²) in [5.74, 6) is -3.55. The Kier molecular flexibility index (Phi) is 14.7. The van der Waals surface area contributed by atoms with Crippen molar-refractivity contribution >= 4 is 35.6 Å². The van der Waals surface area contributed by atoms with Gasteiger partial charge >= 0.3 is 5.97 Å². The average molecular weight is 694 g/mol. The molecule has 50 heavy (non-hydrogen) atoms. The van der Waals surface area contributed by atoms with E-state index in [0.717, 1.165) is 11.1 Å². The molecule has 272 valence electrons. The summed E-state index contributed by atoms with van der Waals surface area (Å²) < 4.78 is 0. The first-order chi connectivity index (χ1) is 23.7. The Hall–Kier alpha value is -5.02. The van der Waals surface area contributed by atoms with Gasteiger partial charge in [-0.25, -0.2) is 0 Å². The van der Waals surface area contributed by atoms with Gasteiger partial charge < -0.3 is 48.9 Å². The highest BCUT2D eigenvalue weighted by atomic mass is 16.4. The predicted octanol–water partition coefficient (Wildman–Crippen LogP) is -0.632. The second-order valence-electron chi connectivity index (χ2n) is 13.2. The minimum atomic E-state index is -1.45. The molecule has 1 aliphatic rings. The molecule has 0 bridgehead atoms. The van der Waals surface area contributed by atoms with Gasteiger partial charge in [0.2, 0.25) is 23.6 Å². The lowest BCUT2D eigenvalue weighted by Gasteiger charge is -2.38. The molecule has 0 aliphatic carbocycles. The van der Waals surface area contributed by atoms with Gasteiger partial charge in [0.05, 0.1) is 6.04 Å². The van der Waals surface area contributed by atoms with Gasteiger partial charge in [0.1, 0.15) is 23.7 Å². The number of guanidine groups is 1. The van der Waals surface area contributed by atoms with Gasteiger partial charge in [-0.15, -0.1) is 0 Å². The van der Waals surface area contributed by atoms with Crippen molar-refractivity contribution in [1.29, 1.82) is 0 Å². The van der Waals surface area contributed by atoms with E-state index >= 15 is 0 Å². The summed E-state index contributed by atoms with van der Waals surface area (Å²) in [5, 5.41) is 17.8. The van der Waals surface area contributed by atoms with Crippen LogP contribution in [0.15, 0.2) is 65.7 Å². The summed E-state index contributed by atoms with van der Waals surface area (Å²) in [5.41, 5.74) is 23.4. The Balaban J connectivity index is 1.79. The molecule has 15 nitrogen and oxygen atoms in total. The summed E-state index contributed by atoms with van der Waals surface area (Å²) in [6, 6.07) is 14.3. The number of nitrogens with one attached hydrogen (secondary N) is 3. The van der Waals surface area contributed by atoms with Gasteiger partial charge in [0, 0.05) is 26.1 Å². The lowest BCUT2D eigenvalue weighted by molar-refractivity contribution is -0.148. The maximum atomic E-state index is 13.9. The molecule has 0 unspecified atom stereocenters. The van der Waals surface area contributed by atoms with Crippen LogP contribution in [0.4, 0.5) is 0 Å². The fourth-order valence-electron chi connectivity index (χ4n) is 5.69. The molecular formula is C35H51N9O6. The average Bonchev–Trinajstić information content (AvgIpc) is 3.07. The van der Waals surface area contributed by atoms with Gasteiger partial charge in [-0.3, -0.25) is 29.0 Å². The van der Waals surface area contributed by atoms with Crippen molar-refractivity contribution in [1.82, 2.24) is 20.9 Å². The number of likely N-dealkylation sites (tertiary alicyclic amines) is 1. The van der Waals surface area contributed by atoms with Crippen molar-refractivity contribution in [3.63, 3.8) is 0 Å². The van der Waals surface area contributed by atoms with Crippen LogP contribution in [0.1, 0.15) is 50.7 Å². The van der Waals surface area contributed by atoms with Gasteiger partial charge in [-0.1, -0.05) is 74.5 Å². The third kappa shape index (κ3) is 12.1. The number of piperidine rings is 1. The number of amides is 4. The van der Waals surface area contributed by atoms with Crippen molar-refractivity contribution in [2.75, 3.05) is 19.6 Å². The molecule has 3 rings (SSSR count). The minimum Gasteiger partial charge on any atom is -0.480 e. The number of aliphatic carboxylic acids is 1. The molecule has 0 radical (unpaired) electrons. The molecule has 2 aromatic rings. The molecule has 0 aromatic heterocycles. The van der Waals surface area contributed by atoms with E-state index in [2.05, 4.69) is 20.9 Å². The van der Waals surface area contributed by atoms with E-state index in [0.29, 0.717) is 0 Å². The number of carboxylic acids is 1. The number of carboxylic acid groups (broad SMARTS) is 1. The maximum absolute atomic E-state index is 13.9. The summed E-state index contributed by atoms with van der Waals surface area (Å²) in [7, 11) is 0. The molecule has 1 fully saturated rings. The van der Waals surface area contributed by atoms with Crippen molar-refractivity contribution in [3.05, 3.63) is 71.8 Å². The number of hydrogen-bond donors (Lipinski definition) is 8. The predicted molar refractivity (Wildman–Crippen MR) is 189 cm³/mol. The first-order valence-corrected chi connectivity index (χ1v) is 16.8. The molecule has 1 saturated heterocycles. The highest BCUT2D eigenvalue weighted by molar-refractivity contribution is 5.95. The third-order valence-corrected chi connectivity index (χ3v) is 8.61. The first-order valence-electron chi connectivity index (χ1n) is 16.8. The van der Waals surface area contributed by atoms with Gasteiger partial charge in [-0.2, -0.15) is 0 Å². The van der Waals surface area contributed by atoms with Crippen LogP contribution >= 0.6 is 0 Å². The first kappa shape index (κ1) is 39.4. The normalized spacial score (nSPS) is 16.3. The Morgan fingerprint density at radius 3 is 1.82 bits per heavy atom. The molecule has 15 heteroatoms. The number of carbonyl (C=O) groups excluding carboxylic acids is 4. The van der Waals surface area contributed by atoms with Crippen LogP contribution in [-0.2, 0) is 36.8 Å². The van der Waals surface area contributed by atoms with Crippen LogP contribution in [-0.4, -0.2) is 94.9 Å². The van der Waals surface area contributed by atoms with Gasteiger partial charge in [0.15, 0.2) is 5.96 Å². The second kappa shape index (κ2) is 18.7. The molecule has 1 aliphatic heterocycles. The smallest absolute Gasteiger partial charge is 0.323 e. The fraction of sp³-hybridized carbons (Fsp3) is 0.486. The summed E-state index contributed by atoms with van der Waals surface area (Å²) in [6.07, 6.45) is 0.750. The largest absolute Gasteiger partial charge is 0.480 e. The summed E-state index contributed by atoms with van der Waals surface area (Å²) >= 11 is 0. The molecule has 4 amide bonds. The molecular weight excluding hydrogens is 642 g/mol. The Bertz CT molecular complexity index is 1480. The van der Waals surface area contributed by atoms with E-state index in [1.54, 1.807) is 0 Å². The molecule has 12 N–H and O–H groups in total. The zero-order valence-electron chi connectivity index (χ0n) is 28.7. The van der Waals surface area contributed by atoms with Crippen LogP contribution in [0, 0.1) is 5.92 Å². The zero-order valence-corrected chi connectivity index (χ0v) is 28.7. The SMILES string of the molecule is CC(C)C[C@@H](NC(=O)[C@@H](Cc1ccccc1)NC(=O)[C@H](N)Cc1ccccc1)C(=O)N[C@H](CCN=C(N)N)C(=O)N1CCC(N)(C(=O)O)CC1. The Labute approximate surface area is 292 Å². The standard InChI is InChI=1S/C35H51N9O6/c1-22(2)19-27(30(46)41-26(13-16-40-34(37)38)32(48)44-17-14-35(39,15-18-44)33(49)50)43-31(47)28(21-24-11-7-4-8-12-24)42-29(45)25(36)20-23-9-5-3-6-10-23/h3-12,22,25-28H,13-21,36,39H2,1-2H3,(H,41,46)(H,42,45)(H,43,47)(H,49,50)(H4,37,38,40)/t25-,26-,27-,28-/m1/s1. The Morgan fingerprint density at radius 2 is 1.30 bits per heavy atom. The van der Waals surface area contributed by atoms with Crippen molar-refractivity contribution in [2.24, 2.45) is 33.8 Å². The maximum Gasteiger partial charge on any atom is 0.323 e. The van der Waals surface area contributed by atoms with Gasteiger partial charge in [-0.05, 0) is 49.1 Å². The lowest BCUT2D eigenvalue weighted by atomic mass is 9.88. The number of nitrogens with zero attached hydrogens (tertiary/aromatic N) is 2. The van der Waals surface area contributed by atoms with E-state index in [1.165, 1.54) is 4.90 Å². The number of benzene rings is 2. The van der Waals surface area contributed by atoms with Crippen molar-refractivity contribution < 1.29 is 29.1 Å². The summed E-state index contributed by atoms with van der Waals surface area (Å²) in [6.45, 7) is 3.95. The fourth-order valence-corrected chi connectivity index (χ4v) is 5.69. The van der Waals surface area contributed by atoms with Gasteiger partial charge in [0.25, 0.3) is 0 Å². The number of hydrogen-bond acceptors (Lipinski definition) is 8. The highest BCUT2D eigenvalue weighted by Crippen LogP contribution is 2.21. The van der Waals surface area contributed by atoms with E-state index in [-0.39, 0.29) is 70.0 Å². The monoisotopic (exact) mass is 693 g/mol. The van der Waals surface area contributed by atoms with E-state index < -0.39 is 59.3 Å². The van der Waals surface area contributed by atoms with Crippen LogP contribution < -0.4 is 38.9 Å². The van der Waals surface area contributed by atoms with Crippen LogP contribution in [0.5, 0.6) is 0 Å². The summed E-state index contributed by atoms with van der Waals surface area (Å²) in [4.78, 5) is 71.6. The third-order valence-electron chi connectivity index (χ3n) is 8.61. The molecule has 0 spiro atoms. The van der Waals surface area contributed by atoms with Crippen LogP contribution in [0.25, 0.3) is 0 Å². The van der Waals surface area contributed by atoms with Crippen LogP contribution in [0.3, 0.4) is 0 Å². The van der Waals surface area contributed by atoms with E-state index in [9.17, 15) is 29.1 Å². The topological polar surface area (TPSA) is 261 Å². The minimum absolute atomic E-state index is 0.0262. The Morgan fingerprint density at radius 1 is 0.800 bits per heavy atom. The quantitative estimate of drug-likeness (QED) is 0.0768. The molecule has 0 saturated carbocycles. The second-order valence-corrected chi connectivity index (χ2v) is 13.2. The van der Waals surface area contributed by atoms with Crippen LogP contribution in [0.2, 0.25) is 0 Å². The number of aliphatic imine (C=N–C) groups is 1. The number of carbonyl (C=O) groups is 5. The number of rotatable bonds is 17. The molecule has 2 aromatic carbocycles. The molecule has 4 atom stereocenters. The number of nitrogens with two attached hydrogens (primary N) is 4.